The molecule has 4 rings (SSSR count). The Hall–Kier alpha value is -3.63. The van der Waals surface area contributed by atoms with Crippen LogP contribution in [0, 0.1) is 0 Å². The Labute approximate surface area is 209 Å². The highest BCUT2D eigenvalue weighted by Crippen LogP contribution is 2.37. The minimum Gasteiger partial charge on any atom is -0.497 e. The number of ether oxygens (including phenoxy) is 2. The number of benzene rings is 3. The van der Waals surface area contributed by atoms with E-state index in [2.05, 4.69) is 10.3 Å². The molecule has 1 unspecified atom stereocenters. The van der Waals surface area contributed by atoms with Gasteiger partial charge in [-0.05, 0) is 66.1 Å². The highest BCUT2D eigenvalue weighted by atomic mass is 32.1. The Morgan fingerprint density at radius 2 is 1.89 bits per heavy atom. The molecule has 0 fully saturated rings. The zero-order valence-corrected chi connectivity index (χ0v) is 20.2. The lowest BCUT2D eigenvalue weighted by atomic mass is 10.0. The number of aromatic carboxylic acids is 1. The molecular formula is C26H23F3N2O4S. The van der Waals surface area contributed by atoms with Crippen molar-refractivity contribution >= 4 is 27.5 Å². The molecule has 0 aliphatic rings. The molecule has 0 radical (unpaired) electrons. The predicted molar refractivity (Wildman–Crippen MR) is 132 cm³/mol. The number of nitrogens with one attached hydrogen (secondary N) is 1. The topological polar surface area (TPSA) is 80.7 Å². The van der Waals surface area contributed by atoms with Crippen molar-refractivity contribution in [3.8, 4) is 22.6 Å². The highest BCUT2D eigenvalue weighted by molar-refractivity contribution is 7.20. The summed E-state index contributed by atoms with van der Waals surface area (Å²) in [5, 5.41) is 12.4. The van der Waals surface area contributed by atoms with Gasteiger partial charge in [-0.1, -0.05) is 18.2 Å². The van der Waals surface area contributed by atoms with Crippen LogP contribution in [-0.4, -0.2) is 36.3 Å². The van der Waals surface area contributed by atoms with E-state index in [1.165, 1.54) is 0 Å². The number of alkyl halides is 3. The van der Waals surface area contributed by atoms with Gasteiger partial charge in [0.25, 0.3) is 0 Å². The number of carbonyl (C=O) groups is 1. The van der Waals surface area contributed by atoms with E-state index < -0.39 is 17.7 Å². The summed E-state index contributed by atoms with van der Waals surface area (Å²) in [5.41, 5.74) is 1.47. The molecule has 0 saturated carbocycles. The van der Waals surface area contributed by atoms with Gasteiger partial charge in [0.05, 0.1) is 22.9 Å². The molecule has 1 atom stereocenters. The van der Waals surface area contributed by atoms with Crippen LogP contribution in [0.3, 0.4) is 0 Å². The maximum atomic E-state index is 13.6. The van der Waals surface area contributed by atoms with Crippen LogP contribution in [0.5, 0.6) is 11.5 Å². The van der Waals surface area contributed by atoms with Crippen LogP contribution in [-0.2, 0) is 6.18 Å². The molecule has 1 aromatic heterocycles. The van der Waals surface area contributed by atoms with Gasteiger partial charge < -0.3 is 19.9 Å². The first-order chi connectivity index (χ1) is 17.1. The Bertz CT molecular complexity index is 1390. The van der Waals surface area contributed by atoms with Gasteiger partial charge in [-0.15, -0.1) is 11.3 Å². The lowest BCUT2D eigenvalue weighted by Crippen LogP contribution is -2.24. The van der Waals surface area contributed by atoms with E-state index in [-0.39, 0.29) is 23.4 Å². The molecular weight excluding hydrogens is 493 g/mol. The fourth-order valence-corrected chi connectivity index (χ4v) is 4.53. The number of carboxylic acid groups (broad SMARTS) is 1. The van der Waals surface area contributed by atoms with Crippen molar-refractivity contribution in [2.75, 3.05) is 20.3 Å². The fourth-order valence-electron chi connectivity index (χ4n) is 3.68. The maximum absolute atomic E-state index is 13.6. The number of hydrogen-bond acceptors (Lipinski definition) is 6. The van der Waals surface area contributed by atoms with Crippen LogP contribution >= 0.6 is 11.3 Å². The molecule has 2 N–H and O–H groups in total. The first-order valence-corrected chi connectivity index (χ1v) is 11.8. The number of hydrogen-bond donors (Lipinski definition) is 2. The third kappa shape index (κ3) is 5.95. The summed E-state index contributed by atoms with van der Waals surface area (Å²) in [5.74, 6) is -0.322. The van der Waals surface area contributed by atoms with Crippen molar-refractivity contribution in [1.29, 1.82) is 0 Å². The minimum absolute atomic E-state index is 0.0115. The normalized spacial score (nSPS) is 12.5. The molecule has 0 saturated heterocycles. The van der Waals surface area contributed by atoms with Crippen LogP contribution in [0.15, 0.2) is 60.7 Å². The third-order valence-corrected chi connectivity index (χ3v) is 6.56. The van der Waals surface area contributed by atoms with Gasteiger partial charge in [0, 0.05) is 12.6 Å². The first kappa shape index (κ1) is 25.5. The summed E-state index contributed by atoms with van der Waals surface area (Å²) in [6.07, 6.45) is -4.56. The van der Waals surface area contributed by atoms with Crippen molar-refractivity contribution in [2.45, 2.75) is 19.1 Å². The van der Waals surface area contributed by atoms with Crippen LogP contribution in [0.4, 0.5) is 13.2 Å². The number of halogens is 3. The number of methoxy groups -OCH3 is 1. The van der Waals surface area contributed by atoms with E-state index in [1.54, 1.807) is 31.4 Å². The zero-order valence-electron chi connectivity index (χ0n) is 19.4. The summed E-state index contributed by atoms with van der Waals surface area (Å²) in [6.45, 7) is 2.54. The summed E-state index contributed by atoms with van der Waals surface area (Å²) >= 11 is 0.968. The van der Waals surface area contributed by atoms with Gasteiger partial charge >= 0.3 is 12.1 Å². The Balaban J connectivity index is 1.50. The first-order valence-electron chi connectivity index (χ1n) is 11.0. The van der Waals surface area contributed by atoms with Crippen LogP contribution in [0.1, 0.15) is 33.9 Å². The van der Waals surface area contributed by atoms with Crippen LogP contribution < -0.4 is 14.8 Å². The SMILES string of the molecule is COc1cccc(C(C)NCCOc2cc(-c3ccc4nc(C(=O)O)sc4c3)cc(C(F)(F)F)c2)c1. The van der Waals surface area contributed by atoms with Crippen molar-refractivity contribution in [2.24, 2.45) is 0 Å². The van der Waals surface area contributed by atoms with Crippen molar-refractivity contribution in [1.82, 2.24) is 10.3 Å². The molecule has 10 heteroatoms. The van der Waals surface area contributed by atoms with E-state index in [9.17, 15) is 18.0 Å². The maximum Gasteiger partial charge on any atom is 0.416 e. The van der Waals surface area contributed by atoms with E-state index in [1.807, 2.05) is 31.2 Å². The largest absolute Gasteiger partial charge is 0.497 e. The molecule has 6 nitrogen and oxygen atoms in total. The van der Waals surface area contributed by atoms with E-state index in [4.69, 9.17) is 14.6 Å². The van der Waals surface area contributed by atoms with Gasteiger partial charge in [-0.25, -0.2) is 9.78 Å². The molecule has 0 spiro atoms. The molecule has 3 aromatic carbocycles. The second-order valence-electron chi connectivity index (χ2n) is 8.05. The molecule has 0 aliphatic carbocycles. The molecule has 0 bridgehead atoms. The Kier molecular flexibility index (Phi) is 7.46. The molecule has 0 amide bonds. The van der Waals surface area contributed by atoms with Gasteiger partial charge in [0.1, 0.15) is 18.1 Å². The third-order valence-electron chi connectivity index (χ3n) is 5.55. The second-order valence-corrected chi connectivity index (χ2v) is 9.08. The molecule has 36 heavy (non-hydrogen) atoms. The quantitative estimate of drug-likeness (QED) is 0.250. The number of rotatable bonds is 9. The molecule has 4 aromatic rings. The number of thiazole rings is 1. The van der Waals surface area contributed by atoms with E-state index in [0.717, 1.165) is 34.8 Å². The summed E-state index contributed by atoms with van der Waals surface area (Å²) in [7, 11) is 1.59. The summed E-state index contributed by atoms with van der Waals surface area (Å²) in [6, 6.07) is 16.0. The van der Waals surface area contributed by atoms with Crippen molar-refractivity contribution in [3.63, 3.8) is 0 Å². The van der Waals surface area contributed by atoms with Crippen molar-refractivity contribution in [3.05, 3.63) is 76.8 Å². The standard InChI is InChI=1S/C26H23F3N2O4S/c1-15(16-4-3-5-20(11-16)34-2)30-8-9-35-21-12-18(10-19(14-21)26(27,28)29)17-6-7-22-23(13-17)36-24(31-22)25(32)33/h3-7,10-15,30H,8-9H2,1-2H3,(H,32,33). The highest BCUT2D eigenvalue weighted by Gasteiger charge is 2.31. The molecule has 1 heterocycles. The summed E-state index contributed by atoms with van der Waals surface area (Å²) < 4.78 is 52.3. The Morgan fingerprint density at radius 3 is 2.61 bits per heavy atom. The number of fused-ring (bicyclic) bond motifs is 1. The average Bonchev–Trinajstić information content (AvgIpc) is 3.30. The smallest absolute Gasteiger partial charge is 0.416 e. The number of carboxylic acids is 1. The van der Waals surface area contributed by atoms with Gasteiger partial charge in [-0.3, -0.25) is 0 Å². The van der Waals surface area contributed by atoms with Gasteiger partial charge in [0.15, 0.2) is 0 Å². The average molecular weight is 517 g/mol. The zero-order chi connectivity index (χ0) is 25.9. The number of nitrogens with zero attached hydrogens (tertiary/aromatic N) is 1. The predicted octanol–water partition coefficient (Wildman–Crippen LogP) is 6.42. The number of aromatic nitrogens is 1. The second kappa shape index (κ2) is 10.5. The Morgan fingerprint density at radius 1 is 1.08 bits per heavy atom. The summed E-state index contributed by atoms with van der Waals surface area (Å²) in [4.78, 5) is 15.2. The fraction of sp³-hybridized carbons (Fsp3) is 0.231. The monoisotopic (exact) mass is 516 g/mol. The van der Waals surface area contributed by atoms with Gasteiger partial charge in [-0.2, -0.15) is 13.2 Å². The van der Waals surface area contributed by atoms with Crippen molar-refractivity contribution < 1.29 is 32.5 Å². The van der Waals surface area contributed by atoms with Gasteiger partial charge in [0.2, 0.25) is 5.01 Å². The van der Waals surface area contributed by atoms with Crippen LogP contribution in [0.2, 0.25) is 0 Å². The van der Waals surface area contributed by atoms with E-state index in [0.29, 0.717) is 27.9 Å². The molecule has 188 valence electrons. The van der Waals surface area contributed by atoms with E-state index >= 15 is 0 Å². The lowest BCUT2D eigenvalue weighted by molar-refractivity contribution is -0.137. The minimum atomic E-state index is -4.56. The molecule has 0 aliphatic heterocycles. The lowest BCUT2D eigenvalue weighted by Gasteiger charge is -2.16. The van der Waals surface area contributed by atoms with Crippen LogP contribution in [0.25, 0.3) is 21.3 Å².